The van der Waals surface area contributed by atoms with Gasteiger partial charge in [-0.15, -0.1) is 5.10 Å². The summed E-state index contributed by atoms with van der Waals surface area (Å²) in [5.74, 6) is 0.725. The number of anilines is 1. The van der Waals surface area contributed by atoms with Gasteiger partial charge in [0.05, 0.1) is 20.4 Å². The van der Waals surface area contributed by atoms with Crippen LogP contribution in [0.15, 0.2) is 27.9 Å². The van der Waals surface area contributed by atoms with Crippen LogP contribution in [0.2, 0.25) is 0 Å². The molecule has 0 aliphatic carbocycles. The third kappa shape index (κ3) is 4.37. The van der Waals surface area contributed by atoms with E-state index in [1.165, 1.54) is 18.0 Å². The van der Waals surface area contributed by atoms with Crippen LogP contribution in [0.25, 0.3) is 5.82 Å². The second-order valence-corrected chi connectivity index (χ2v) is 7.06. The number of hydrazone groups is 1. The number of likely N-dealkylation sites (tertiary alicyclic amines) is 1. The molecule has 13 heteroatoms. The molecule has 3 N–H and O–H groups in total. The second-order valence-electron chi connectivity index (χ2n) is 7.06. The van der Waals surface area contributed by atoms with Gasteiger partial charge in [-0.1, -0.05) is 5.21 Å². The maximum absolute atomic E-state index is 13.1. The van der Waals surface area contributed by atoms with Crippen LogP contribution < -0.4 is 20.6 Å². The first-order valence-electron chi connectivity index (χ1n) is 9.91. The quantitative estimate of drug-likeness (QED) is 0.374. The molecule has 4 rings (SSSR count). The number of carbonyl (C=O) groups is 1. The summed E-state index contributed by atoms with van der Waals surface area (Å²) in [4.78, 5) is 15.3. The molecular formula is C19H23N9O4. The first-order chi connectivity index (χ1) is 15.6. The molecule has 2 aromatic heterocycles. The number of hydrogen-bond donors (Lipinski definition) is 2. The van der Waals surface area contributed by atoms with E-state index < -0.39 is 5.91 Å². The molecule has 32 heavy (non-hydrogen) atoms. The largest absolute Gasteiger partial charge is 0.497 e. The standard InChI is InChI=1S/C19H23N9O4/c1-30-13-6-5-12(15(9-13)31-2)10-21-23-19(29)16-14(11-27-7-3-4-8-27)22-26-28(16)18-17(20)24-32-25-18/h5-6,9-10H,3-4,7-8,11H2,1-2H3,(H2,20,24)(H,23,29)/b21-10-. The lowest BCUT2D eigenvalue weighted by molar-refractivity contribution is 0.0945. The molecule has 1 fully saturated rings. The Hall–Kier alpha value is -4.00. The summed E-state index contributed by atoms with van der Waals surface area (Å²) in [6.07, 6.45) is 3.67. The van der Waals surface area contributed by atoms with Crippen molar-refractivity contribution in [1.82, 2.24) is 35.6 Å². The van der Waals surface area contributed by atoms with E-state index in [0.29, 0.717) is 29.3 Å². The maximum atomic E-state index is 13.1. The molecule has 0 spiro atoms. The van der Waals surface area contributed by atoms with Gasteiger partial charge in [-0.05, 0) is 48.4 Å². The first-order valence-corrected chi connectivity index (χ1v) is 9.91. The minimum absolute atomic E-state index is 0.0110. The highest BCUT2D eigenvalue weighted by molar-refractivity contribution is 5.95. The van der Waals surface area contributed by atoms with Crippen molar-refractivity contribution in [3.8, 4) is 17.3 Å². The molecule has 3 aromatic rings. The molecular weight excluding hydrogens is 418 g/mol. The summed E-state index contributed by atoms with van der Waals surface area (Å²) in [7, 11) is 3.10. The normalized spacial score (nSPS) is 14.2. The van der Waals surface area contributed by atoms with Gasteiger partial charge in [-0.25, -0.2) is 10.1 Å². The van der Waals surface area contributed by atoms with Gasteiger partial charge in [-0.3, -0.25) is 9.69 Å². The number of ether oxygens (including phenoxy) is 2. The second kappa shape index (κ2) is 9.43. The molecule has 1 aromatic carbocycles. The number of methoxy groups -OCH3 is 2. The first kappa shape index (κ1) is 21.2. The molecule has 3 heterocycles. The van der Waals surface area contributed by atoms with Crippen LogP contribution in [0.3, 0.4) is 0 Å². The molecule has 1 saturated heterocycles. The van der Waals surface area contributed by atoms with Gasteiger partial charge >= 0.3 is 0 Å². The zero-order valence-electron chi connectivity index (χ0n) is 17.7. The zero-order chi connectivity index (χ0) is 22.5. The lowest BCUT2D eigenvalue weighted by Crippen LogP contribution is -2.26. The zero-order valence-corrected chi connectivity index (χ0v) is 17.7. The van der Waals surface area contributed by atoms with Crippen molar-refractivity contribution in [2.45, 2.75) is 19.4 Å². The minimum atomic E-state index is -0.532. The van der Waals surface area contributed by atoms with E-state index in [-0.39, 0.29) is 17.3 Å². The van der Waals surface area contributed by atoms with Gasteiger partial charge in [-0.2, -0.15) is 9.78 Å². The van der Waals surface area contributed by atoms with Crippen LogP contribution in [0, 0.1) is 0 Å². The number of nitrogens with two attached hydrogens (primary N) is 1. The Balaban J connectivity index is 1.58. The van der Waals surface area contributed by atoms with Crippen LogP contribution in [-0.4, -0.2) is 69.6 Å². The summed E-state index contributed by atoms with van der Waals surface area (Å²) >= 11 is 0. The van der Waals surface area contributed by atoms with Crippen LogP contribution in [0.1, 0.15) is 34.6 Å². The summed E-state index contributed by atoms with van der Waals surface area (Å²) in [5, 5.41) is 19.6. The van der Waals surface area contributed by atoms with Gasteiger partial charge in [0.25, 0.3) is 5.91 Å². The Labute approximate surface area is 183 Å². The lowest BCUT2D eigenvalue weighted by atomic mass is 10.2. The van der Waals surface area contributed by atoms with E-state index in [9.17, 15) is 4.79 Å². The van der Waals surface area contributed by atoms with Gasteiger partial charge in [0.2, 0.25) is 11.6 Å². The summed E-state index contributed by atoms with van der Waals surface area (Å²) in [6.45, 7) is 2.32. The average molecular weight is 441 g/mol. The Morgan fingerprint density at radius 2 is 2.09 bits per heavy atom. The van der Waals surface area contributed by atoms with Crippen LogP contribution in [-0.2, 0) is 6.54 Å². The lowest BCUT2D eigenvalue weighted by Gasteiger charge is -2.13. The van der Waals surface area contributed by atoms with Crippen LogP contribution >= 0.6 is 0 Å². The monoisotopic (exact) mass is 441 g/mol. The third-order valence-electron chi connectivity index (χ3n) is 5.03. The molecule has 0 atom stereocenters. The summed E-state index contributed by atoms with van der Waals surface area (Å²) in [5.41, 5.74) is 9.58. The molecule has 0 saturated carbocycles. The molecule has 1 amide bonds. The highest BCUT2D eigenvalue weighted by Gasteiger charge is 2.26. The van der Waals surface area contributed by atoms with Crippen LogP contribution in [0.5, 0.6) is 11.5 Å². The summed E-state index contributed by atoms with van der Waals surface area (Å²) < 4.78 is 16.4. The smallest absolute Gasteiger partial charge is 0.292 e. The number of nitrogen functional groups attached to an aromatic ring is 1. The van der Waals surface area contributed by atoms with Gasteiger partial charge in [0, 0.05) is 18.2 Å². The number of amides is 1. The predicted octanol–water partition coefficient (Wildman–Crippen LogP) is 0.609. The number of carbonyl (C=O) groups excluding carboxylic acids is 1. The minimum Gasteiger partial charge on any atom is -0.497 e. The topological polar surface area (TPSA) is 159 Å². The van der Waals surface area contributed by atoms with Crippen molar-refractivity contribution in [3.63, 3.8) is 0 Å². The fourth-order valence-corrected chi connectivity index (χ4v) is 3.42. The Bertz CT molecular complexity index is 1120. The van der Waals surface area contributed by atoms with Gasteiger partial charge in [0.1, 0.15) is 17.2 Å². The molecule has 0 radical (unpaired) electrons. The van der Waals surface area contributed by atoms with E-state index in [4.69, 9.17) is 15.2 Å². The molecule has 0 unspecified atom stereocenters. The predicted molar refractivity (Wildman–Crippen MR) is 113 cm³/mol. The number of hydrogen-bond acceptors (Lipinski definition) is 11. The Kier molecular flexibility index (Phi) is 6.26. The van der Waals surface area contributed by atoms with Crippen LogP contribution in [0.4, 0.5) is 5.82 Å². The number of aromatic nitrogens is 5. The van der Waals surface area contributed by atoms with Crippen molar-refractivity contribution >= 4 is 17.9 Å². The number of benzene rings is 1. The Morgan fingerprint density at radius 3 is 2.78 bits per heavy atom. The third-order valence-corrected chi connectivity index (χ3v) is 5.03. The fraction of sp³-hybridized carbons (Fsp3) is 0.368. The number of rotatable bonds is 8. The molecule has 13 nitrogen and oxygen atoms in total. The molecule has 168 valence electrons. The number of nitrogens with one attached hydrogen (secondary N) is 1. The van der Waals surface area contributed by atoms with E-state index in [1.54, 1.807) is 25.3 Å². The van der Waals surface area contributed by atoms with Crippen molar-refractivity contribution < 1.29 is 18.9 Å². The molecule has 1 aliphatic rings. The highest BCUT2D eigenvalue weighted by Crippen LogP contribution is 2.23. The van der Waals surface area contributed by atoms with Gasteiger partial charge < -0.3 is 15.2 Å². The fourth-order valence-electron chi connectivity index (χ4n) is 3.42. The molecule has 1 aliphatic heterocycles. The van der Waals surface area contributed by atoms with E-state index >= 15 is 0 Å². The number of nitrogens with zero attached hydrogens (tertiary/aromatic N) is 7. The van der Waals surface area contributed by atoms with E-state index in [1.807, 2.05) is 0 Å². The van der Waals surface area contributed by atoms with E-state index in [2.05, 4.69) is 40.7 Å². The Morgan fingerprint density at radius 1 is 1.28 bits per heavy atom. The van der Waals surface area contributed by atoms with E-state index in [0.717, 1.165) is 25.9 Å². The van der Waals surface area contributed by atoms with Gasteiger partial charge in [0.15, 0.2) is 5.69 Å². The van der Waals surface area contributed by atoms with Crippen molar-refractivity contribution in [2.24, 2.45) is 5.10 Å². The average Bonchev–Trinajstić information content (AvgIpc) is 3.55. The van der Waals surface area contributed by atoms with Crippen molar-refractivity contribution in [3.05, 3.63) is 35.2 Å². The molecule has 0 bridgehead atoms. The van der Waals surface area contributed by atoms with Crippen molar-refractivity contribution in [1.29, 1.82) is 0 Å². The SMILES string of the molecule is COc1ccc(/C=N\NC(=O)c2c(CN3CCCC3)nnn2-c2nonc2N)c(OC)c1. The maximum Gasteiger partial charge on any atom is 0.292 e. The summed E-state index contributed by atoms with van der Waals surface area (Å²) in [6, 6.07) is 5.25. The van der Waals surface area contributed by atoms with Crippen molar-refractivity contribution in [2.75, 3.05) is 33.0 Å². The highest BCUT2D eigenvalue weighted by atomic mass is 16.6.